The maximum absolute atomic E-state index is 11.6. The number of esters is 1. The van der Waals surface area contributed by atoms with Crippen molar-refractivity contribution in [2.75, 3.05) is 13.2 Å². The molecule has 6 heteroatoms. The molecule has 0 aromatic heterocycles. The van der Waals surface area contributed by atoms with E-state index >= 15 is 0 Å². The van der Waals surface area contributed by atoms with Crippen LogP contribution in [0, 0.1) is 0 Å². The first kappa shape index (κ1) is 20.5. The number of carbonyl (C=O) groups is 2. The molecule has 0 aliphatic carbocycles. The maximum atomic E-state index is 11.6. The van der Waals surface area contributed by atoms with Gasteiger partial charge in [-0.1, -0.05) is 55.5 Å². The van der Waals surface area contributed by atoms with E-state index in [-0.39, 0.29) is 12.5 Å². The lowest BCUT2D eigenvalue weighted by Crippen LogP contribution is -2.27. The Kier molecular flexibility index (Phi) is 10.2. The van der Waals surface area contributed by atoms with Gasteiger partial charge in [0.1, 0.15) is 6.61 Å². The number of benzene rings is 1. The molecule has 0 spiro atoms. The highest BCUT2D eigenvalue weighted by Gasteiger charge is 2.03. The van der Waals surface area contributed by atoms with Crippen LogP contribution >= 0.6 is 23.2 Å². The van der Waals surface area contributed by atoms with Crippen molar-refractivity contribution in [3.63, 3.8) is 0 Å². The predicted octanol–water partition coefficient (Wildman–Crippen LogP) is 4.64. The Morgan fingerprint density at radius 3 is 2.71 bits per heavy atom. The average Bonchev–Trinajstić information content (AvgIpc) is 2.55. The Labute approximate surface area is 153 Å². The highest BCUT2D eigenvalue weighted by molar-refractivity contribution is 6.35. The minimum atomic E-state index is -0.488. The summed E-state index contributed by atoms with van der Waals surface area (Å²) in [6, 6.07) is 5.01. The van der Waals surface area contributed by atoms with Crippen molar-refractivity contribution in [3.05, 3.63) is 39.9 Å². The third-order valence-electron chi connectivity index (χ3n) is 3.29. The number of ether oxygens (including phenoxy) is 1. The highest BCUT2D eigenvalue weighted by atomic mass is 35.5. The monoisotopic (exact) mass is 371 g/mol. The molecule has 0 saturated heterocycles. The summed E-state index contributed by atoms with van der Waals surface area (Å²) < 4.78 is 5.01. The van der Waals surface area contributed by atoms with E-state index in [0.717, 1.165) is 25.7 Å². The summed E-state index contributed by atoms with van der Waals surface area (Å²) in [6.07, 6.45) is 7.63. The van der Waals surface area contributed by atoms with Crippen LogP contribution in [0.5, 0.6) is 0 Å². The Balaban J connectivity index is 2.20. The molecule has 1 rings (SSSR count). The van der Waals surface area contributed by atoms with E-state index in [4.69, 9.17) is 27.9 Å². The summed E-state index contributed by atoms with van der Waals surface area (Å²) in [7, 11) is 0. The van der Waals surface area contributed by atoms with E-state index in [2.05, 4.69) is 12.2 Å². The van der Waals surface area contributed by atoms with Gasteiger partial charge >= 0.3 is 5.97 Å². The first-order chi connectivity index (χ1) is 11.5. The molecule has 1 amide bonds. The van der Waals surface area contributed by atoms with Crippen LogP contribution in [0.2, 0.25) is 10.0 Å². The van der Waals surface area contributed by atoms with Gasteiger partial charge in [0.05, 0.1) is 6.54 Å². The van der Waals surface area contributed by atoms with E-state index in [1.165, 1.54) is 6.08 Å². The fraction of sp³-hybridized carbons (Fsp3) is 0.444. The van der Waals surface area contributed by atoms with Crippen LogP contribution in [0.1, 0.15) is 44.6 Å². The van der Waals surface area contributed by atoms with Crippen LogP contribution in [-0.2, 0) is 14.3 Å². The van der Waals surface area contributed by atoms with E-state index in [1.54, 1.807) is 24.3 Å². The lowest BCUT2D eigenvalue weighted by molar-refractivity contribution is -0.138. The molecule has 132 valence electrons. The van der Waals surface area contributed by atoms with Gasteiger partial charge in [0, 0.05) is 22.5 Å². The summed E-state index contributed by atoms with van der Waals surface area (Å²) in [5.41, 5.74) is 0.679. The summed E-state index contributed by atoms with van der Waals surface area (Å²) in [5.74, 6) is -0.496. The zero-order chi connectivity index (χ0) is 17.8. The smallest absolute Gasteiger partial charge is 0.330 e. The number of unbranched alkanes of at least 4 members (excludes halogenated alkanes) is 3. The standard InChI is InChI=1S/C18H23Cl2NO3/c1-2-3-4-5-6-17(22)21-11-12-24-18(23)10-8-14-7-9-15(19)13-16(14)20/h7-10,13H,2-6,11-12H2,1H3,(H,21,22)/b10-8+. The summed E-state index contributed by atoms with van der Waals surface area (Å²) in [4.78, 5) is 23.1. The lowest BCUT2D eigenvalue weighted by Gasteiger charge is -2.05. The summed E-state index contributed by atoms with van der Waals surface area (Å²) in [6.45, 7) is 2.58. The lowest BCUT2D eigenvalue weighted by atomic mass is 10.1. The molecular formula is C18H23Cl2NO3. The summed E-state index contributed by atoms with van der Waals surface area (Å²) >= 11 is 11.8. The molecule has 1 aromatic carbocycles. The Morgan fingerprint density at radius 2 is 2.00 bits per heavy atom. The van der Waals surface area contributed by atoms with Crippen LogP contribution in [0.3, 0.4) is 0 Å². The van der Waals surface area contributed by atoms with Gasteiger partial charge in [0.2, 0.25) is 5.91 Å². The number of rotatable bonds is 10. The third kappa shape index (κ3) is 8.94. The van der Waals surface area contributed by atoms with Crippen molar-refractivity contribution in [1.29, 1.82) is 0 Å². The molecule has 0 aliphatic heterocycles. The van der Waals surface area contributed by atoms with E-state index in [0.29, 0.717) is 28.6 Å². The molecule has 0 bridgehead atoms. The van der Waals surface area contributed by atoms with Crippen LogP contribution in [0.15, 0.2) is 24.3 Å². The van der Waals surface area contributed by atoms with Gasteiger partial charge in [-0.2, -0.15) is 0 Å². The molecular weight excluding hydrogens is 349 g/mol. The second-order valence-electron chi connectivity index (χ2n) is 5.33. The molecule has 1 N–H and O–H groups in total. The average molecular weight is 372 g/mol. The maximum Gasteiger partial charge on any atom is 0.330 e. The Morgan fingerprint density at radius 1 is 1.21 bits per heavy atom. The van der Waals surface area contributed by atoms with Crippen LogP contribution in [0.25, 0.3) is 6.08 Å². The number of hydrogen-bond donors (Lipinski definition) is 1. The van der Waals surface area contributed by atoms with Gasteiger partial charge in [0.25, 0.3) is 0 Å². The summed E-state index contributed by atoms with van der Waals surface area (Å²) in [5, 5.41) is 3.72. The predicted molar refractivity (Wildman–Crippen MR) is 98.2 cm³/mol. The topological polar surface area (TPSA) is 55.4 Å². The fourth-order valence-electron chi connectivity index (χ4n) is 1.99. The van der Waals surface area contributed by atoms with Gasteiger partial charge in [-0.25, -0.2) is 4.79 Å². The number of carbonyl (C=O) groups excluding carboxylic acids is 2. The van der Waals surface area contributed by atoms with Crippen molar-refractivity contribution in [2.45, 2.75) is 39.0 Å². The highest BCUT2D eigenvalue weighted by Crippen LogP contribution is 2.21. The first-order valence-electron chi connectivity index (χ1n) is 8.09. The molecule has 0 radical (unpaired) electrons. The van der Waals surface area contributed by atoms with Crippen molar-refractivity contribution in [2.24, 2.45) is 0 Å². The second-order valence-corrected chi connectivity index (χ2v) is 6.17. The van der Waals surface area contributed by atoms with Gasteiger partial charge in [-0.05, 0) is 30.2 Å². The van der Waals surface area contributed by atoms with Gasteiger partial charge in [0.15, 0.2) is 0 Å². The van der Waals surface area contributed by atoms with Crippen LogP contribution in [0.4, 0.5) is 0 Å². The number of hydrogen-bond acceptors (Lipinski definition) is 3. The van der Waals surface area contributed by atoms with Crippen LogP contribution < -0.4 is 5.32 Å². The molecule has 0 saturated carbocycles. The first-order valence-corrected chi connectivity index (χ1v) is 8.85. The third-order valence-corrected chi connectivity index (χ3v) is 3.85. The van der Waals surface area contributed by atoms with Gasteiger partial charge < -0.3 is 10.1 Å². The fourth-order valence-corrected chi connectivity index (χ4v) is 2.46. The minimum Gasteiger partial charge on any atom is -0.461 e. The van der Waals surface area contributed by atoms with Crippen LogP contribution in [-0.4, -0.2) is 25.0 Å². The minimum absolute atomic E-state index is 0.00867. The van der Waals surface area contributed by atoms with Gasteiger partial charge in [-0.15, -0.1) is 0 Å². The molecule has 24 heavy (non-hydrogen) atoms. The van der Waals surface area contributed by atoms with Crippen molar-refractivity contribution in [3.8, 4) is 0 Å². The van der Waals surface area contributed by atoms with E-state index in [9.17, 15) is 9.59 Å². The molecule has 0 atom stereocenters. The normalized spacial score (nSPS) is 10.8. The quantitative estimate of drug-likeness (QED) is 0.370. The molecule has 1 aromatic rings. The van der Waals surface area contributed by atoms with Crippen molar-refractivity contribution in [1.82, 2.24) is 5.32 Å². The van der Waals surface area contributed by atoms with E-state index in [1.807, 2.05) is 0 Å². The zero-order valence-corrected chi connectivity index (χ0v) is 15.3. The number of nitrogens with one attached hydrogen (secondary N) is 1. The molecule has 0 heterocycles. The van der Waals surface area contributed by atoms with E-state index < -0.39 is 5.97 Å². The molecule has 0 aliphatic rings. The molecule has 0 unspecified atom stereocenters. The van der Waals surface area contributed by atoms with Crippen molar-refractivity contribution < 1.29 is 14.3 Å². The second kappa shape index (κ2) is 11.9. The Bertz CT molecular complexity index is 573. The SMILES string of the molecule is CCCCCCC(=O)NCCOC(=O)/C=C/c1ccc(Cl)cc1Cl. The molecule has 4 nitrogen and oxygen atoms in total. The largest absolute Gasteiger partial charge is 0.461 e. The number of amides is 1. The Hall–Kier alpha value is -1.52. The molecule has 0 fully saturated rings. The number of halogens is 2. The van der Waals surface area contributed by atoms with Crippen molar-refractivity contribution >= 4 is 41.2 Å². The van der Waals surface area contributed by atoms with Gasteiger partial charge in [-0.3, -0.25) is 4.79 Å². The zero-order valence-electron chi connectivity index (χ0n) is 13.8.